The Bertz CT molecular complexity index is 406. The van der Waals surface area contributed by atoms with Crippen molar-refractivity contribution in [2.75, 3.05) is 38.7 Å². The van der Waals surface area contributed by atoms with Gasteiger partial charge < -0.3 is 15.7 Å². The lowest BCUT2D eigenvalue weighted by Crippen LogP contribution is -2.29. The zero-order valence-corrected chi connectivity index (χ0v) is 11.3. The fourth-order valence-electron chi connectivity index (χ4n) is 2.79. The van der Waals surface area contributed by atoms with E-state index < -0.39 is 0 Å². The van der Waals surface area contributed by atoms with Gasteiger partial charge in [-0.05, 0) is 23.6 Å². The summed E-state index contributed by atoms with van der Waals surface area (Å²) in [5.74, 6) is 0. The predicted octanol–water partition coefficient (Wildman–Crippen LogP) is 0.950. The van der Waals surface area contributed by atoms with Crippen LogP contribution in [0.4, 0.5) is 5.69 Å². The van der Waals surface area contributed by atoms with Crippen LogP contribution in [0.25, 0.3) is 0 Å². The van der Waals surface area contributed by atoms with E-state index in [2.05, 4.69) is 42.1 Å². The van der Waals surface area contributed by atoms with Crippen LogP contribution < -0.4 is 10.6 Å². The minimum atomic E-state index is 0.241. The summed E-state index contributed by atoms with van der Waals surface area (Å²) < 4.78 is 0. The number of hydrogen-bond donors (Lipinski definition) is 2. The van der Waals surface area contributed by atoms with Crippen molar-refractivity contribution in [3.05, 3.63) is 29.3 Å². The van der Waals surface area contributed by atoms with E-state index in [9.17, 15) is 0 Å². The molecule has 1 aromatic rings. The fraction of sp³-hybridized carbons (Fsp3) is 0.571. The Labute approximate surface area is 109 Å². The third-order valence-electron chi connectivity index (χ3n) is 3.66. The first-order valence-corrected chi connectivity index (χ1v) is 6.53. The van der Waals surface area contributed by atoms with Crippen LogP contribution in [0.5, 0.6) is 0 Å². The second kappa shape index (κ2) is 5.69. The van der Waals surface area contributed by atoms with Crippen LogP contribution in [-0.2, 0) is 6.54 Å². The Morgan fingerprint density at radius 2 is 2.22 bits per heavy atom. The number of aliphatic hydroxyl groups excluding tert-OH is 1. The first-order chi connectivity index (χ1) is 8.69. The lowest BCUT2D eigenvalue weighted by Gasteiger charge is -2.23. The molecule has 0 aliphatic carbocycles. The molecule has 0 amide bonds. The highest BCUT2D eigenvalue weighted by atomic mass is 16.3. The highest BCUT2D eigenvalue weighted by molar-refractivity contribution is 5.58. The van der Waals surface area contributed by atoms with Gasteiger partial charge in [0.1, 0.15) is 0 Å². The van der Waals surface area contributed by atoms with Crippen molar-refractivity contribution in [1.82, 2.24) is 4.90 Å². The summed E-state index contributed by atoms with van der Waals surface area (Å²) >= 11 is 0. The van der Waals surface area contributed by atoms with Crippen molar-refractivity contribution in [2.45, 2.75) is 19.0 Å². The number of nitrogens with zero attached hydrogens (tertiary/aromatic N) is 2. The van der Waals surface area contributed by atoms with Gasteiger partial charge in [0.2, 0.25) is 0 Å². The fourth-order valence-corrected chi connectivity index (χ4v) is 2.79. The Morgan fingerprint density at radius 1 is 1.44 bits per heavy atom. The van der Waals surface area contributed by atoms with Gasteiger partial charge in [0.25, 0.3) is 0 Å². The molecule has 0 radical (unpaired) electrons. The lowest BCUT2D eigenvalue weighted by atomic mass is 10.0. The molecule has 3 N–H and O–H groups in total. The largest absolute Gasteiger partial charge is 0.396 e. The van der Waals surface area contributed by atoms with E-state index in [1.165, 1.54) is 16.8 Å². The SMILES string of the molecule is CN(C)c1cccc2c1CN(CCCO)C2CN. The Balaban J connectivity index is 2.28. The number of rotatable bonds is 5. The summed E-state index contributed by atoms with van der Waals surface area (Å²) in [5.41, 5.74) is 9.93. The third-order valence-corrected chi connectivity index (χ3v) is 3.66. The van der Waals surface area contributed by atoms with Crippen LogP contribution in [0.2, 0.25) is 0 Å². The summed E-state index contributed by atoms with van der Waals surface area (Å²) in [6.45, 7) is 2.71. The summed E-state index contributed by atoms with van der Waals surface area (Å²) in [6.07, 6.45) is 0.807. The average molecular weight is 249 g/mol. The molecule has 0 fully saturated rings. The minimum absolute atomic E-state index is 0.241. The van der Waals surface area contributed by atoms with Gasteiger partial charge in [-0.25, -0.2) is 0 Å². The molecule has 0 saturated heterocycles. The van der Waals surface area contributed by atoms with Gasteiger partial charge >= 0.3 is 0 Å². The van der Waals surface area contributed by atoms with Crippen molar-refractivity contribution in [3.8, 4) is 0 Å². The Morgan fingerprint density at radius 3 is 2.83 bits per heavy atom. The van der Waals surface area contributed by atoms with Crippen molar-refractivity contribution in [3.63, 3.8) is 0 Å². The molecule has 2 rings (SSSR count). The molecule has 0 bridgehead atoms. The zero-order valence-electron chi connectivity index (χ0n) is 11.3. The molecule has 100 valence electrons. The number of hydrogen-bond acceptors (Lipinski definition) is 4. The van der Waals surface area contributed by atoms with Crippen LogP contribution >= 0.6 is 0 Å². The molecule has 4 nitrogen and oxygen atoms in total. The molecule has 1 aliphatic rings. The quantitative estimate of drug-likeness (QED) is 0.816. The van der Waals surface area contributed by atoms with Crippen LogP contribution in [0.15, 0.2) is 18.2 Å². The zero-order chi connectivity index (χ0) is 13.1. The minimum Gasteiger partial charge on any atom is -0.396 e. The van der Waals surface area contributed by atoms with Crippen molar-refractivity contribution < 1.29 is 5.11 Å². The Hall–Kier alpha value is -1.10. The first-order valence-electron chi connectivity index (χ1n) is 6.53. The number of benzene rings is 1. The van der Waals surface area contributed by atoms with E-state index in [-0.39, 0.29) is 6.61 Å². The van der Waals surface area contributed by atoms with Crippen LogP contribution in [0, 0.1) is 0 Å². The molecule has 1 atom stereocenters. The molecule has 1 aliphatic heterocycles. The topological polar surface area (TPSA) is 52.7 Å². The molecular formula is C14H23N3O. The maximum atomic E-state index is 8.98. The van der Waals surface area contributed by atoms with E-state index in [1.54, 1.807) is 0 Å². The van der Waals surface area contributed by atoms with Gasteiger partial charge in [-0.2, -0.15) is 0 Å². The molecule has 0 saturated carbocycles. The van der Waals surface area contributed by atoms with Gasteiger partial charge in [0, 0.05) is 52.1 Å². The van der Waals surface area contributed by atoms with Crippen LogP contribution in [-0.4, -0.2) is 43.8 Å². The van der Waals surface area contributed by atoms with E-state index >= 15 is 0 Å². The molecule has 1 aromatic carbocycles. The monoisotopic (exact) mass is 249 g/mol. The maximum absolute atomic E-state index is 8.98. The molecule has 18 heavy (non-hydrogen) atoms. The van der Waals surface area contributed by atoms with Gasteiger partial charge in [-0.3, -0.25) is 4.90 Å². The molecule has 0 aromatic heterocycles. The third kappa shape index (κ3) is 2.36. The second-order valence-corrected chi connectivity index (χ2v) is 5.04. The van der Waals surface area contributed by atoms with E-state index in [0.29, 0.717) is 12.6 Å². The van der Waals surface area contributed by atoms with Crippen molar-refractivity contribution in [2.24, 2.45) is 5.73 Å². The molecule has 1 heterocycles. The Kier molecular flexibility index (Phi) is 4.22. The predicted molar refractivity (Wildman–Crippen MR) is 74.7 cm³/mol. The van der Waals surface area contributed by atoms with Gasteiger partial charge in [-0.15, -0.1) is 0 Å². The summed E-state index contributed by atoms with van der Waals surface area (Å²) in [6, 6.07) is 6.74. The summed E-state index contributed by atoms with van der Waals surface area (Å²) in [5, 5.41) is 8.98. The second-order valence-electron chi connectivity index (χ2n) is 5.04. The smallest absolute Gasteiger partial charge is 0.0478 e. The highest BCUT2D eigenvalue weighted by Gasteiger charge is 2.30. The summed E-state index contributed by atoms with van der Waals surface area (Å²) in [7, 11) is 4.15. The number of anilines is 1. The number of nitrogens with two attached hydrogens (primary N) is 1. The van der Waals surface area contributed by atoms with Gasteiger partial charge in [0.05, 0.1) is 0 Å². The van der Waals surface area contributed by atoms with Gasteiger partial charge in [-0.1, -0.05) is 12.1 Å². The molecule has 1 unspecified atom stereocenters. The van der Waals surface area contributed by atoms with Gasteiger partial charge in [0.15, 0.2) is 0 Å². The normalized spacial score (nSPS) is 19.0. The number of aliphatic hydroxyl groups is 1. The van der Waals surface area contributed by atoms with Crippen molar-refractivity contribution in [1.29, 1.82) is 0 Å². The lowest BCUT2D eigenvalue weighted by molar-refractivity contribution is 0.190. The van der Waals surface area contributed by atoms with E-state index in [1.807, 2.05) is 0 Å². The molecule has 0 spiro atoms. The van der Waals surface area contributed by atoms with Crippen LogP contribution in [0.3, 0.4) is 0 Å². The van der Waals surface area contributed by atoms with Crippen LogP contribution in [0.1, 0.15) is 23.6 Å². The molecule has 4 heteroatoms. The van der Waals surface area contributed by atoms with E-state index in [4.69, 9.17) is 10.8 Å². The molecular weight excluding hydrogens is 226 g/mol. The standard InChI is InChI=1S/C14H23N3O/c1-16(2)13-6-3-5-11-12(13)10-17(7-4-8-18)14(11)9-15/h3,5-6,14,18H,4,7-10,15H2,1-2H3. The van der Waals surface area contributed by atoms with Crippen molar-refractivity contribution >= 4 is 5.69 Å². The average Bonchev–Trinajstić information content (AvgIpc) is 2.73. The maximum Gasteiger partial charge on any atom is 0.0478 e. The summed E-state index contributed by atoms with van der Waals surface area (Å²) in [4.78, 5) is 4.52. The first kappa shape index (κ1) is 13.3. The highest BCUT2D eigenvalue weighted by Crippen LogP contribution is 2.37. The van der Waals surface area contributed by atoms with E-state index in [0.717, 1.165) is 19.5 Å². The number of fused-ring (bicyclic) bond motifs is 1.